The molecular formula is C15H20ClFO. The molecule has 1 aromatic carbocycles. The lowest BCUT2D eigenvalue weighted by molar-refractivity contribution is -0.0491. The lowest BCUT2D eigenvalue weighted by Crippen LogP contribution is -2.42. The van der Waals surface area contributed by atoms with E-state index < -0.39 is 11.4 Å². The number of rotatable bonds is 3. The van der Waals surface area contributed by atoms with Gasteiger partial charge in [-0.1, -0.05) is 43.9 Å². The van der Waals surface area contributed by atoms with Crippen LogP contribution in [0.5, 0.6) is 0 Å². The first-order valence-corrected chi connectivity index (χ1v) is 7.09. The molecule has 1 fully saturated rings. The molecule has 0 spiro atoms. The average Bonchev–Trinajstić information content (AvgIpc) is 2.34. The first kappa shape index (κ1) is 13.8. The molecule has 0 bridgehead atoms. The topological polar surface area (TPSA) is 20.2 Å². The van der Waals surface area contributed by atoms with Crippen molar-refractivity contribution >= 4 is 11.6 Å². The minimum Gasteiger partial charge on any atom is -0.389 e. The summed E-state index contributed by atoms with van der Waals surface area (Å²) in [5.74, 6) is -0.0772. The largest absolute Gasteiger partial charge is 0.389 e. The molecule has 1 nitrogen and oxygen atoms in total. The maximum atomic E-state index is 13.4. The molecule has 100 valence electrons. The van der Waals surface area contributed by atoms with E-state index >= 15 is 0 Å². The fourth-order valence-electron chi connectivity index (χ4n) is 3.11. The van der Waals surface area contributed by atoms with Gasteiger partial charge in [0.25, 0.3) is 0 Å². The van der Waals surface area contributed by atoms with E-state index in [-0.39, 0.29) is 5.02 Å². The van der Waals surface area contributed by atoms with Crippen molar-refractivity contribution < 1.29 is 9.50 Å². The fourth-order valence-corrected chi connectivity index (χ4v) is 3.23. The van der Waals surface area contributed by atoms with Gasteiger partial charge in [0.15, 0.2) is 0 Å². The van der Waals surface area contributed by atoms with Crippen molar-refractivity contribution in [3.63, 3.8) is 0 Å². The van der Waals surface area contributed by atoms with E-state index in [1.54, 1.807) is 6.07 Å². The molecule has 3 heteroatoms. The number of halogens is 2. The van der Waals surface area contributed by atoms with Crippen LogP contribution in [0.15, 0.2) is 18.2 Å². The van der Waals surface area contributed by atoms with Crippen molar-refractivity contribution in [2.24, 2.45) is 5.92 Å². The number of aliphatic hydroxyl groups is 1. The van der Waals surface area contributed by atoms with Crippen LogP contribution >= 0.6 is 11.6 Å². The molecule has 0 radical (unpaired) electrons. The quantitative estimate of drug-likeness (QED) is 0.866. The minimum absolute atomic E-state index is 0.140. The van der Waals surface area contributed by atoms with Crippen molar-refractivity contribution in [1.29, 1.82) is 0 Å². The molecule has 1 aliphatic carbocycles. The van der Waals surface area contributed by atoms with Crippen LogP contribution in [0.4, 0.5) is 4.39 Å². The zero-order valence-electron chi connectivity index (χ0n) is 10.8. The zero-order valence-corrected chi connectivity index (χ0v) is 11.5. The molecule has 2 unspecified atom stereocenters. The number of benzene rings is 1. The minimum atomic E-state index is -0.673. The Hall–Kier alpha value is -0.600. The summed E-state index contributed by atoms with van der Waals surface area (Å²) in [7, 11) is 0. The summed E-state index contributed by atoms with van der Waals surface area (Å²) in [6, 6.07) is 4.83. The molecule has 1 saturated carbocycles. The van der Waals surface area contributed by atoms with E-state index in [0.717, 1.165) is 31.2 Å². The summed E-state index contributed by atoms with van der Waals surface area (Å²) in [5, 5.41) is 10.9. The van der Waals surface area contributed by atoms with Crippen LogP contribution in [0.25, 0.3) is 0 Å². The molecule has 1 aromatic rings. The van der Waals surface area contributed by atoms with Crippen molar-refractivity contribution in [2.45, 2.75) is 51.0 Å². The highest BCUT2D eigenvalue weighted by atomic mass is 35.5. The van der Waals surface area contributed by atoms with Crippen LogP contribution in [0, 0.1) is 11.7 Å². The van der Waals surface area contributed by atoms with Crippen LogP contribution in [-0.2, 0) is 6.42 Å². The monoisotopic (exact) mass is 270 g/mol. The van der Waals surface area contributed by atoms with Gasteiger partial charge >= 0.3 is 0 Å². The van der Waals surface area contributed by atoms with Gasteiger partial charge in [0.1, 0.15) is 5.82 Å². The number of hydrogen-bond acceptors (Lipinski definition) is 1. The second kappa shape index (κ2) is 5.58. The Labute approximate surface area is 113 Å². The highest BCUT2D eigenvalue weighted by Gasteiger charge is 2.37. The Morgan fingerprint density at radius 1 is 1.44 bits per heavy atom. The third-order valence-electron chi connectivity index (χ3n) is 4.16. The van der Waals surface area contributed by atoms with Gasteiger partial charge in [-0.25, -0.2) is 4.39 Å². The van der Waals surface area contributed by atoms with E-state index in [2.05, 4.69) is 6.92 Å². The van der Waals surface area contributed by atoms with Gasteiger partial charge in [-0.3, -0.25) is 0 Å². The van der Waals surface area contributed by atoms with Crippen LogP contribution in [0.2, 0.25) is 5.02 Å². The SMILES string of the molecule is CCC1CCCCC1(O)Cc1ccc(Cl)c(F)c1. The Morgan fingerprint density at radius 2 is 2.22 bits per heavy atom. The van der Waals surface area contributed by atoms with Crippen molar-refractivity contribution in [3.8, 4) is 0 Å². The molecule has 1 N–H and O–H groups in total. The first-order valence-electron chi connectivity index (χ1n) is 6.71. The third kappa shape index (κ3) is 2.86. The Kier molecular flexibility index (Phi) is 4.29. The second-order valence-electron chi connectivity index (χ2n) is 5.38. The highest BCUT2D eigenvalue weighted by molar-refractivity contribution is 6.30. The predicted molar refractivity (Wildman–Crippen MR) is 72.3 cm³/mol. The standard InChI is InChI=1S/C15H20ClFO/c1-2-12-5-3-4-8-15(12,18)10-11-6-7-13(16)14(17)9-11/h6-7,9,12,18H,2-5,8,10H2,1H3. The van der Waals surface area contributed by atoms with E-state index in [9.17, 15) is 9.50 Å². The Bertz CT molecular complexity index is 421. The van der Waals surface area contributed by atoms with Crippen molar-refractivity contribution in [1.82, 2.24) is 0 Å². The zero-order chi connectivity index (χ0) is 13.2. The summed E-state index contributed by atoms with van der Waals surface area (Å²) in [4.78, 5) is 0. The van der Waals surface area contributed by atoms with Gasteiger partial charge in [0, 0.05) is 6.42 Å². The molecule has 0 aliphatic heterocycles. The van der Waals surface area contributed by atoms with Gasteiger partial charge in [-0.2, -0.15) is 0 Å². The lowest BCUT2D eigenvalue weighted by Gasteiger charge is -2.40. The maximum absolute atomic E-state index is 13.4. The summed E-state index contributed by atoms with van der Waals surface area (Å²) in [6.45, 7) is 2.11. The normalized spacial score (nSPS) is 28.3. The third-order valence-corrected chi connectivity index (χ3v) is 4.47. The van der Waals surface area contributed by atoms with E-state index in [1.165, 1.54) is 12.5 Å². The van der Waals surface area contributed by atoms with Crippen molar-refractivity contribution in [2.75, 3.05) is 0 Å². The summed E-state index contributed by atoms with van der Waals surface area (Å²) >= 11 is 5.68. The van der Waals surface area contributed by atoms with Gasteiger partial charge in [0.2, 0.25) is 0 Å². The Balaban J connectivity index is 2.17. The maximum Gasteiger partial charge on any atom is 0.142 e. The second-order valence-corrected chi connectivity index (χ2v) is 5.79. The first-order chi connectivity index (χ1) is 8.55. The molecule has 0 heterocycles. The van der Waals surface area contributed by atoms with Gasteiger partial charge in [-0.15, -0.1) is 0 Å². The average molecular weight is 271 g/mol. The smallest absolute Gasteiger partial charge is 0.142 e. The van der Waals surface area contributed by atoms with Gasteiger partial charge in [0.05, 0.1) is 10.6 Å². The molecule has 2 rings (SSSR count). The van der Waals surface area contributed by atoms with E-state index in [4.69, 9.17) is 11.6 Å². The fraction of sp³-hybridized carbons (Fsp3) is 0.600. The lowest BCUT2D eigenvalue weighted by atomic mass is 9.71. The van der Waals surface area contributed by atoms with Crippen LogP contribution in [0.3, 0.4) is 0 Å². The molecule has 2 atom stereocenters. The molecule has 0 amide bonds. The summed E-state index contributed by atoms with van der Waals surface area (Å²) in [6.07, 6.45) is 5.64. The molecule has 0 aromatic heterocycles. The summed E-state index contributed by atoms with van der Waals surface area (Å²) < 4.78 is 13.4. The molecular weight excluding hydrogens is 251 g/mol. The molecule has 1 aliphatic rings. The predicted octanol–water partition coefficient (Wildman–Crippen LogP) is 4.35. The Morgan fingerprint density at radius 3 is 2.89 bits per heavy atom. The molecule has 18 heavy (non-hydrogen) atoms. The highest BCUT2D eigenvalue weighted by Crippen LogP contribution is 2.38. The number of hydrogen-bond donors (Lipinski definition) is 1. The van der Waals surface area contributed by atoms with E-state index in [0.29, 0.717) is 12.3 Å². The van der Waals surface area contributed by atoms with Crippen LogP contribution in [-0.4, -0.2) is 10.7 Å². The van der Waals surface area contributed by atoms with Crippen LogP contribution in [0.1, 0.15) is 44.6 Å². The van der Waals surface area contributed by atoms with Crippen LogP contribution < -0.4 is 0 Å². The van der Waals surface area contributed by atoms with Gasteiger partial charge < -0.3 is 5.11 Å². The van der Waals surface area contributed by atoms with Gasteiger partial charge in [-0.05, 0) is 36.5 Å². The molecule has 0 saturated heterocycles. The van der Waals surface area contributed by atoms with Crippen molar-refractivity contribution in [3.05, 3.63) is 34.6 Å². The summed E-state index contributed by atoms with van der Waals surface area (Å²) in [5.41, 5.74) is 0.160. The van der Waals surface area contributed by atoms with E-state index in [1.807, 2.05) is 6.07 Å².